The van der Waals surface area contributed by atoms with Crippen LogP contribution in [0.1, 0.15) is 13.3 Å². The maximum atomic E-state index is 12.3. The summed E-state index contributed by atoms with van der Waals surface area (Å²) in [6, 6.07) is -0.819. The molecule has 2 aliphatic carbocycles. The van der Waals surface area contributed by atoms with E-state index < -0.39 is 12.0 Å². The number of amides is 2. The van der Waals surface area contributed by atoms with Gasteiger partial charge in [0.1, 0.15) is 6.04 Å². The van der Waals surface area contributed by atoms with E-state index >= 15 is 0 Å². The van der Waals surface area contributed by atoms with E-state index in [1.807, 2.05) is 12.2 Å². The molecular weight excluding hydrogens is 234 g/mol. The van der Waals surface area contributed by atoms with Gasteiger partial charge in [-0.3, -0.25) is 14.5 Å². The van der Waals surface area contributed by atoms with Crippen LogP contribution in [0.5, 0.6) is 0 Å². The Hall–Kier alpha value is -1.65. The Morgan fingerprint density at radius 1 is 1.28 bits per heavy atom. The topological polar surface area (TPSA) is 63.7 Å². The summed E-state index contributed by atoms with van der Waals surface area (Å²) in [5.74, 6) is -1.12. The second-order valence-corrected chi connectivity index (χ2v) is 5.25. The third-order valence-corrected chi connectivity index (χ3v) is 4.43. The van der Waals surface area contributed by atoms with Gasteiger partial charge in [-0.05, 0) is 25.2 Å². The van der Waals surface area contributed by atoms with E-state index in [1.165, 1.54) is 14.0 Å². The van der Waals surface area contributed by atoms with Crippen LogP contribution in [-0.2, 0) is 19.1 Å². The molecular formula is C13H15NO4. The number of ether oxygens (including phenoxy) is 1. The van der Waals surface area contributed by atoms with Gasteiger partial charge in [0.05, 0.1) is 18.9 Å². The van der Waals surface area contributed by atoms with Crippen LogP contribution in [0.4, 0.5) is 0 Å². The molecule has 1 heterocycles. The van der Waals surface area contributed by atoms with Gasteiger partial charge in [-0.2, -0.15) is 0 Å². The minimum absolute atomic E-state index is 0.172. The molecule has 18 heavy (non-hydrogen) atoms. The zero-order valence-corrected chi connectivity index (χ0v) is 10.3. The van der Waals surface area contributed by atoms with E-state index in [0.29, 0.717) is 0 Å². The number of hydrogen-bond donors (Lipinski definition) is 0. The molecule has 1 saturated carbocycles. The lowest BCUT2D eigenvalue weighted by atomic mass is 9.85. The van der Waals surface area contributed by atoms with Crippen LogP contribution in [0.15, 0.2) is 12.2 Å². The van der Waals surface area contributed by atoms with Crippen LogP contribution in [0.3, 0.4) is 0 Å². The van der Waals surface area contributed by atoms with Crippen molar-refractivity contribution in [3.05, 3.63) is 12.2 Å². The average Bonchev–Trinajstić information content (AvgIpc) is 3.02. The molecule has 0 unspecified atom stereocenters. The van der Waals surface area contributed by atoms with Gasteiger partial charge in [0.2, 0.25) is 11.8 Å². The fourth-order valence-corrected chi connectivity index (χ4v) is 3.58. The van der Waals surface area contributed by atoms with E-state index in [0.717, 1.165) is 11.3 Å². The molecule has 0 N–H and O–H groups in total. The summed E-state index contributed by atoms with van der Waals surface area (Å²) >= 11 is 0. The lowest BCUT2D eigenvalue weighted by molar-refractivity contribution is -0.156. The minimum Gasteiger partial charge on any atom is -0.467 e. The molecule has 0 aromatic heterocycles. The summed E-state index contributed by atoms with van der Waals surface area (Å²) in [4.78, 5) is 37.2. The number of rotatable bonds is 2. The Labute approximate surface area is 105 Å². The molecule has 5 atom stereocenters. The smallest absolute Gasteiger partial charge is 0.328 e. The molecule has 0 aromatic rings. The number of imide groups is 1. The lowest BCUT2D eigenvalue weighted by Crippen LogP contribution is -2.45. The first-order chi connectivity index (χ1) is 8.56. The molecule has 2 bridgehead atoms. The van der Waals surface area contributed by atoms with Crippen molar-refractivity contribution in [2.24, 2.45) is 23.7 Å². The highest BCUT2D eigenvalue weighted by atomic mass is 16.5. The van der Waals surface area contributed by atoms with Crippen molar-refractivity contribution >= 4 is 17.8 Å². The summed E-state index contributed by atoms with van der Waals surface area (Å²) in [6.07, 6.45) is 4.96. The van der Waals surface area contributed by atoms with Crippen molar-refractivity contribution in [3.63, 3.8) is 0 Å². The van der Waals surface area contributed by atoms with E-state index in [4.69, 9.17) is 0 Å². The predicted octanol–water partition coefficient (Wildman–Crippen LogP) is 0.355. The number of carbonyl (C=O) groups is 3. The predicted molar refractivity (Wildman–Crippen MR) is 61.0 cm³/mol. The van der Waals surface area contributed by atoms with Crippen molar-refractivity contribution in [1.29, 1.82) is 0 Å². The Balaban J connectivity index is 1.90. The maximum Gasteiger partial charge on any atom is 0.328 e. The summed E-state index contributed by atoms with van der Waals surface area (Å²) in [7, 11) is 1.26. The zero-order chi connectivity index (χ0) is 13.0. The normalized spacial score (nSPS) is 38.2. The third-order valence-electron chi connectivity index (χ3n) is 4.43. The molecule has 1 aliphatic heterocycles. The molecule has 0 spiro atoms. The zero-order valence-electron chi connectivity index (χ0n) is 10.3. The van der Waals surface area contributed by atoms with Crippen LogP contribution >= 0.6 is 0 Å². The monoisotopic (exact) mass is 249 g/mol. The van der Waals surface area contributed by atoms with Gasteiger partial charge < -0.3 is 4.74 Å². The van der Waals surface area contributed by atoms with Gasteiger partial charge in [0.15, 0.2) is 0 Å². The van der Waals surface area contributed by atoms with E-state index in [1.54, 1.807) is 0 Å². The average molecular weight is 249 g/mol. The lowest BCUT2D eigenvalue weighted by Gasteiger charge is -2.22. The second kappa shape index (κ2) is 3.67. The summed E-state index contributed by atoms with van der Waals surface area (Å²) in [6.45, 7) is 1.54. The number of likely N-dealkylation sites (tertiary alicyclic amines) is 1. The molecule has 2 fully saturated rings. The van der Waals surface area contributed by atoms with Crippen LogP contribution in [0.25, 0.3) is 0 Å². The maximum absolute atomic E-state index is 12.3. The summed E-state index contributed by atoms with van der Waals surface area (Å²) in [5, 5.41) is 0. The molecule has 3 rings (SSSR count). The first kappa shape index (κ1) is 11.4. The van der Waals surface area contributed by atoms with Gasteiger partial charge in [0.25, 0.3) is 0 Å². The van der Waals surface area contributed by atoms with Crippen LogP contribution in [-0.4, -0.2) is 35.8 Å². The fourth-order valence-electron chi connectivity index (χ4n) is 3.58. The van der Waals surface area contributed by atoms with Crippen LogP contribution in [0, 0.1) is 23.7 Å². The minimum atomic E-state index is -0.819. The SMILES string of the molecule is COC(=O)[C@@H](C)N1C(=O)[C@@H]2[C@H](C1=O)[C@H]1C=C[C@H]2C1. The van der Waals surface area contributed by atoms with Crippen molar-refractivity contribution in [1.82, 2.24) is 4.90 Å². The van der Waals surface area contributed by atoms with Gasteiger partial charge in [-0.1, -0.05) is 12.2 Å². The number of fused-ring (bicyclic) bond motifs is 5. The number of methoxy groups -OCH3 is 1. The van der Waals surface area contributed by atoms with Crippen LogP contribution < -0.4 is 0 Å². The molecule has 0 radical (unpaired) electrons. The Morgan fingerprint density at radius 3 is 2.22 bits per heavy atom. The molecule has 96 valence electrons. The van der Waals surface area contributed by atoms with Crippen LogP contribution in [0.2, 0.25) is 0 Å². The fraction of sp³-hybridized carbons (Fsp3) is 0.615. The number of carbonyl (C=O) groups excluding carboxylic acids is 3. The van der Waals surface area contributed by atoms with Crippen molar-refractivity contribution in [3.8, 4) is 0 Å². The molecule has 3 aliphatic rings. The number of nitrogens with zero attached hydrogens (tertiary/aromatic N) is 1. The number of hydrogen-bond acceptors (Lipinski definition) is 4. The Bertz CT molecular complexity index is 440. The molecule has 1 saturated heterocycles. The standard InChI is InChI=1S/C13H15NO4/c1-6(13(17)18-2)14-11(15)9-7-3-4-8(5-7)10(9)12(14)16/h3-4,6-10H,5H2,1-2H3/t6-,7+,8+,9-,10+/m1/s1. The van der Waals surface area contributed by atoms with Gasteiger partial charge >= 0.3 is 5.97 Å². The van der Waals surface area contributed by atoms with Gasteiger partial charge in [0, 0.05) is 0 Å². The molecule has 5 nitrogen and oxygen atoms in total. The highest BCUT2D eigenvalue weighted by Gasteiger charge is 2.60. The molecule has 0 aromatic carbocycles. The van der Waals surface area contributed by atoms with E-state index in [2.05, 4.69) is 4.74 Å². The summed E-state index contributed by atoms with van der Waals surface area (Å²) < 4.78 is 4.61. The molecule has 2 amide bonds. The third kappa shape index (κ3) is 1.24. The highest BCUT2D eigenvalue weighted by Crippen LogP contribution is 2.52. The van der Waals surface area contributed by atoms with Gasteiger partial charge in [-0.15, -0.1) is 0 Å². The van der Waals surface area contributed by atoms with Crippen molar-refractivity contribution < 1.29 is 19.1 Å². The second-order valence-electron chi connectivity index (χ2n) is 5.25. The largest absolute Gasteiger partial charge is 0.467 e. The highest BCUT2D eigenvalue weighted by molar-refractivity contribution is 6.08. The first-order valence-corrected chi connectivity index (χ1v) is 6.19. The van der Waals surface area contributed by atoms with Crippen molar-refractivity contribution in [2.75, 3.05) is 7.11 Å². The first-order valence-electron chi connectivity index (χ1n) is 6.19. The number of esters is 1. The Morgan fingerprint density at radius 2 is 1.78 bits per heavy atom. The van der Waals surface area contributed by atoms with E-state index in [9.17, 15) is 14.4 Å². The Kier molecular flexibility index (Phi) is 2.33. The van der Waals surface area contributed by atoms with Crippen molar-refractivity contribution in [2.45, 2.75) is 19.4 Å². The molecule has 5 heteroatoms. The number of allylic oxidation sites excluding steroid dienone is 2. The van der Waals surface area contributed by atoms with Gasteiger partial charge in [-0.25, -0.2) is 4.79 Å². The summed E-state index contributed by atoms with van der Waals surface area (Å²) in [5.41, 5.74) is 0. The van der Waals surface area contributed by atoms with E-state index in [-0.39, 0.29) is 35.5 Å². The quantitative estimate of drug-likeness (QED) is 0.402.